The number of hydrogen-bond donors (Lipinski definition) is 1. The van der Waals surface area contributed by atoms with Gasteiger partial charge in [-0.1, -0.05) is 20.8 Å². The Balaban J connectivity index is 2.54. The van der Waals surface area contributed by atoms with Crippen LogP contribution in [0.2, 0.25) is 0 Å². The lowest BCUT2D eigenvalue weighted by molar-refractivity contribution is -0.0338. The second kappa shape index (κ2) is 8.06. The molecule has 1 aliphatic heterocycles. The van der Waals surface area contributed by atoms with Crippen molar-refractivity contribution in [3.63, 3.8) is 0 Å². The highest BCUT2D eigenvalue weighted by atomic mass is 16.5. The topological polar surface area (TPSA) is 24.5 Å². The predicted octanol–water partition coefficient (Wildman–Crippen LogP) is 2.26. The second-order valence-corrected chi connectivity index (χ2v) is 5.08. The molecule has 0 bridgehead atoms. The Hall–Kier alpha value is -0.120. The van der Waals surface area contributed by atoms with Gasteiger partial charge < -0.3 is 10.1 Å². The van der Waals surface area contributed by atoms with Crippen molar-refractivity contribution >= 4 is 0 Å². The molecule has 3 nitrogen and oxygen atoms in total. The van der Waals surface area contributed by atoms with Crippen molar-refractivity contribution in [1.82, 2.24) is 10.2 Å². The van der Waals surface area contributed by atoms with E-state index in [0.717, 1.165) is 26.3 Å². The van der Waals surface area contributed by atoms with E-state index in [4.69, 9.17) is 4.74 Å². The Morgan fingerprint density at radius 2 is 2.12 bits per heavy atom. The Morgan fingerprint density at radius 3 is 2.71 bits per heavy atom. The summed E-state index contributed by atoms with van der Waals surface area (Å²) in [4.78, 5) is 2.64. The lowest BCUT2D eigenvalue weighted by atomic mass is 10.0. The lowest BCUT2D eigenvalue weighted by Gasteiger charge is -2.42. The van der Waals surface area contributed by atoms with Gasteiger partial charge in [0, 0.05) is 24.7 Å². The van der Waals surface area contributed by atoms with Gasteiger partial charge in [0.15, 0.2) is 0 Å². The second-order valence-electron chi connectivity index (χ2n) is 5.08. The number of ether oxygens (including phenoxy) is 1. The zero-order chi connectivity index (χ0) is 12.7. The molecular formula is C14H30N2O. The van der Waals surface area contributed by atoms with Crippen molar-refractivity contribution in [2.45, 2.75) is 65.1 Å². The van der Waals surface area contributed by atoms with E-state index in [9.17, 15) is 0 Å². The molecule has 0 aromatic heterocycles. The van der Waals surface area contributed by atoms with Gasteiger partial charge >= 0.3 is 0 Å². The fourth-order valence-corrected chi connectivity index (χ4v) is 2.77. The van der Waals surface area contributed by atoms with Crippen molar-refractivity contribution in [3.05, 3.63) is 0 Å². The van der Waals surface area contributed by atoms with E-state index >= 15 is 0 Å². The molecule has 0 aliphatic carbocycles. The number of nitrogens with one attached hydrogen (secondary N) is 1. The maximum absolute atomic E-state index is 5.59. The van der Waals surface area contributed by atoms with Gasteiger partial charge in [-0.15, -0.1) is 0 Å². The average molecular weight is 242 g/mol. The highest BCUT2D eigenvalue weighted by molar-refractivity contribution is 4.86. The first-order chi connectivity index (χ1) is 8.24. The third kappa shape index (κ3) is 4.23. The standard InChI is InChI=1S/C14H30N2O/c1-5-8-15-14(7-3)12(4)16-9-10-17-11-13(16)6-2/h12-15H,5-11H2,1-4H3. The van der Waals surface area contributed by atoms with Crippen LogP contribution in [0.4, 0.5) is 0 Å². The van der Waals surface area contributed by atoms with Crippen molar-refractivity contribution in [2.75, 3.05) is 26.3 Å². The molecule has 1 rings (SSSR count). The molecule has 0 saturated carbocycles. The van der Waals surface area contributed by atoms with Gasteiger partial charge in [0.2, 0.25) is 0 Å². The molecule has 0 spiro atoms. The quantitative estimate of drug-likeness (QED) is 0.741. The third-order valence-electron chi connectivity index (χ3n) is 3.95. The minimum absolute atomic E-state index is 0.608. The van der Waals surface area contributed by atoms with Gasteiger partial charge in [0.1, 0.15) is 0 Å². The fourth-order valence-electron chi connectivity index (χ4n) is 2.77. The molecule has 102 valence electrons. The number of hydrogen-bond acceptors (Lipinski definition) is 3. The first-order valence-electron chi connectivity index (χ1n) is 7.31. The van der Waals surface area contributed by atoms with E-state index in [-0.39, 0.29) is 0 Å². The van der Waals surface area contributed by atoms with Crippen molar-refractivity contribution in [1.29, 1.82) is 0 Å². The number of morpholine rings is 1. The Kier molecular flexibility index (Phi) is 7.09. The maximum atomic E-state index is 5.59. The molecule has 3 atom stereocenters. The highest BCUT2D eigenvalue weighted by Crippen LogP contribution is 2.17. The molecule has 3 heteroatoms. The summed E-state index contributed by atoms with van der Waals surface area (Å²) in [6.07, 6.45) is 3.60. The smallest absolute Gasteiger partial charge is 0.0622 e. The van der Waals surface area contributed by atoms with E-state index in [1.807, 2.05) is 0 Å². The van der Waals surface area contributed by atoms with Crippen molar-refractivity contribution < 1.29 is 4.74 Å². The summed E-state index contributed by atoms with van der Waals surface area (Å²) in [6, 6.07) is 1.83. The predicted molar refractivity (Wildman–Crippen MR) is 73.4 cm³/mol. The lowest BCUT2D eigenvalue weighted by Crippen LogP contribution is -2.56. The van der Waals surface area contributed by atoms with Crippen LogP contribution in [0.5, 0.6) is 0 Å². The molecule has 1 N–H and O–H groups in total. The summed E-state index contributed by atoms with van der Waals surface area (Å²) in [7, 11) is 0. The minimum atomic E-state index is 0.608. The van der Waals surface area contributed by atoms with Crippen molar-refractivity contribution in [3.8, 4) is 0 Å². The van der Waals surface area contributed by atoms with Gasteiger partial charge in [-0.25, -0.2) is 0 Å². The maximum Gasteiger partial charge on any atom is 0.0622 e. The Labute approximate surface area is 107 Å². The zero-order valence-electron chi connectivity index (χ0n) is 12.0. The van der Waals surface area contributed by atoms with E-state index in [1.165, 1.54) is 19.3 Å². The molecule has 1 heterocycles. The van der Waals surface area contributed by atoms with Crippen LogP contribution in [0.25, 0.3) is 0 Å². The average Bonchev–Trinajstić information content (AvgIpc) is 2.39. The van der Waals surface area contributed by atoms with Gasteiger partial charge in [-0.3, -0.25) is 4.90 Å². The van der Waals surface area contributed by atoms with Crippen LogP contribution < -0.4 is 5.32 Å². The van der Waals surface area contributed by atoms with Crippen LogP contribution in [0.15, 0.2) is 0 Å². The monoisotopic (exact) mass is 242 g/mol. The summed E-state index contributed by atoms with van der Waals surface area (Å²) < 4.78 is 5.59. The molecular weight excluding hydrogens is 212 g/mol. The normalized spacial score (nSPS) is 25.8. The van der Waals surface area contributed by atoms with Gasteiger partial charge in [-0.2, -0.15) is 0 Å². The van der Waals surface area contributed by atoms with Gasteiger partial charge in [0.05, 0.1) is 13.2 Å². The first-order valence-corrected chi connectivity index (χ1v) is 7.31. The number of rotatable bonds is 7. The third-order valence-corrected chi connectivity index (χ3v) is 3.95. The van der Waals surface area contributed by atoms with Crippen LogP contribution in [0.3, 0.4) is 0 Å². The van der Waals surface area contributed by atoms with Crippen LogP contribution in [0.1, 0.15) is 47.0 Å². The molecule has 0 amide bonds. The summed E-state index contributed by atoms with van der Waals surface area (Å²) in [5, 5.41) is 3.68. The van der Waals surface area contributed by atoms with E-state index in [1.54, 1.807) is 0 Å². The summed E-state index contributed by atoms with van der Waals surface area (Å²) in [5.41, 5.74) is 0. The van der Waals surface area contributed by atoms with E-state index < -0.39 is 0 Å². The molecule has 17 heavy (non-hydrogen) atoms. The summed E-state index contributed by atoms with van der Waals surface area (Å²) in [6.45, 7) is 13.2. The largest absolute Gasteiger partial charge is 0.378 e. The summed E-state index contributed by atoms with van der Waals surface area (Å²) >= 11 is 0. The van der Waals surface area contributed by atoms with E-state index in [2.05, 4.69) is 37.9 Å². The Bertz CT molecular complexity index is 199. The van der Waals surface area contributed by atoms with Gasteiger partial charge in [0.25, 0.3) is 0 Å². The van der Waals surface area contributed by atoms with Crippen molar-refractivity contribution in [2.24, 2.45) is 0 Å². The molecule has 1 saturated heterocycles. The fraction of sp³-hybridized carbons (Fsp3) is 1.00. The molecule has 0 aromatic carbocycles. The zero-order valence-corrected chi connectivity index (χ0v) is 12.0. The molecule has 1 aliphatic rings. The molecule has 0 aromatic rings. The van der Waals surface area contributed by atoms with Crippen LogP contribution in [0, 0.1) is 0 Å². The summed E-state index contributed by atoms with van der Waals surface area (Å²) in [5.74, 6) is 0. The molecule has 0 radical (unpaired) electrons. The number of nitrogens with zero attached hydrogens (tertiary/aromatic N) is 1. The minimum Gasteiger partial charge on any atom is -0.378 e. The Morgan fingerprint density at radius 1 is 1.35 bits per heavy atom. The van der Waals surface area contributed by atoms with Crippen LogP contribution in [-0.4, -0.2) is 49.3 Å². The highest BCUT2D eigenvalue weighted by Gasteiger charge is 2.29. The van der Waals surface area contributed by atoms with Gasteiger partial charge in [-0.05, 0) is 32.7 Å². The van der Waals surface area contributed by atoms with Crippen LogP contribution in [-0.2, 0) is 4.74 Å². The van der Waals surface area contributed by atoms with Crippen LogP contribution >= 0.6 is 0 Å². The first kappa shape index (κ1) is 14.9. The SMILES string of the molecule is CCCNC(CC)C(C)N1CCOCC1CC. The van der Waals surface area contributed by atoms with E-state index in [0.29, 0.717) is 18.1 Å². The molecule has 3 unspecified atom stereocenters. The molecule has 1 fully saturated rings.